The molecule has 33 nitrogen and oxygen atoms in total. The van der Waals surface area contributed by atoms with E-state index in [0.717, 1.165) is 4.90 Å². The van der Waals surface area contributed by atoms with Gasteiger partial charge in [0.15, 0.2) is 0 Å². The van der Waals surface area contributed by atoms with Gasteiger partial charge in [0.2, 0.25) is 82.7 Å². The molecule has 14 amide bonds. The number of aliphatic carboxylic acids is 1. The van der Waals surface area contributed by atoms with Gasteiger partial charge < -0.3 is 94.7 Å². The maximum Gasteiger partial charge on any atom is 0.322 e. The van der Waals surface area contributed by atoms with Crippen LogP contribution in [0, 0.1) is 41.4 Å². The molecule has 3 heterocycles. The number of aliphatic hydroxyl groups is 2. The summed E-state index contributed by atoms with van der Waals surface area (Å²) >= 11 is 0. The first-order chi connectivity index (χ1) is 46.2. The van der Waals surface area contributed by atoms with Crippen LogP contribution in [-0.4, -0.2) is 236 Å². The van der Waals surface area contributed by atoms with Crippen LogP contribution in [0.3, 0.4) is 0 Å². The molecule has 0 aromatic carbocycles. The lowest BCUT2D eigenvalue weighted by Gasteiger charge is -2.33. The molecule has 0 saturated carbocycles. The summed E-state index contributed by atoms with van der Waals surface area (Å²) in [5, 5.41) is 56.6. The number of carboxylic acids is 1. The first-order valence-electron chi connectivity index (χ1n) is 34.7. The monoisotopic (exact) mass is 1400 g/mol. The third-order valence-electron chi connectivity index (χ3n) is 18.2. The second-order valence-electron chi connectivity index (χ2n) is 28.5. The molecule has 0 radical (unpaired) electrons. The van der Waals surface area contributed by atoms with Crippen molar-refractivity contribution in [3.8, 4) is 0 Å². The summed E-state index contributed by atoms with van der Waals surface area (Å²) in [6.45, 7) is 23.4. The molecule has 0 spiro atoms. The third kappa shape index (κ3) is 24.7. The fraction of sp³-hybridized carbons (Fsp3) is 0.773. The SMILES string of the molecule is CC[C@H](C)[C@H](NC(=O)[C@@H](NC(=O)[C@@H](N)C(C)C)C(C)C)C(=O)N[C@@H](CCC(N)=O)C(=O)N1CCC[C@H]1C(=O)N[C@@H](CO)C(=O)N1CCC[C@H]1C(=O)N[C@H](C(=O)N[C@H](C(=O)N[C@H](C(=O)N[C@H](C(=O)N[C@@H](CC(C)C)C(=O)N1CCC[C@H]1C(=O)NCC(=O)O)[C@@H](C)O)C(C)C)C(C)C)C(C)C. The van der Waals surface area contributed by atoms with E-state index in [0.29, 0.717) is 19.3 Å². The molecule has 3 aliphatic rings. The van der Waals surface area contributed by atoms with Crippen molar-refractivity contribution in [2.75, 3.05) is 32.8 Å². The van der Waals surface area contributed by atoms with Crippen LogP contribution in [0.2, 0.25) is 0 Å². The van der Waals surface area contributed by atoms with Crippen LogP contribution >= 0.6 is 0 Å². The molecule has 3 saturated heterocycles. The van der Waals surface area contributed by atoms with Gasteiger partial charge in [0.05, 0.1) is 18.8 Å². The quantitative estimate of drug-likeness (QED) is 0.0290. The van der Waals surface area contributed by atoms with Crippen LogP contribution in [0.15, 0.2) is 0 Å². The molecule has 17 N–H and O–H groups in total. The minimum absolute atomic E-state index is 0.00119. The first-order valence-corrected chi connectivity index (χ1v) is 34.7. The normalized spacial score (nSPS) is 19.9. The Hall–Kier alpha value is -8.07. The van der Waals surface area contributed by atoms with E-state index in [1.807, 2.05) is 0 Å². The van der Waals surface area contributed by atoms with E-state index in [2.05, 4.69) is 53.2 Å². The second-order valence-corrected chi connectivity index (χ2v) is 28.5. The van der Waals surface area contributed by atoms with Gasteiger partial charge in [-0.1, -0.05) is 103 Å². The Morgan fingerprint density at radius 3 is 1.18 bits per heavy atom. The lowest BCUT2D eigenvalue weighted by molar-refractivity contribution is -0.145. The van der Waals surface area contributed by atoms with E-state index in [-0.39, 0.29) is 76.4 Å². The summed E-state index contributed by atoms with van der Waals surface area (Å²) in [5.74, 6) is -15.5. The predicted molar refractivity (Wildman–Crippen MR) is 360 cm³/mol. The molecular formula is C66H113N15O18. The van der Waals surface area contributed by atoms with Crippen LogP contribution in [0.1, 0.15) is 168 Å². The van der Waals surface area contributed by atoms with Gasteiger partial charge in [-0.15, -0.1) is 0 Å². The van der Waals surface area contributed by atoms with Gasteiger partial charge in [0, 0.05) is 26.1 Å². The zero-order chi connectivity index (χ0) is 75.2. The number of carboxylic acid groups (broad SMARTS) is 1. The number of amides is 14. The van der Waals surface area contributed by atoms with Crippen LogP contribution in [0.25, 0.3) is 0 Å². The van der Waals surface area contributed by atoms with Gasteiger partial charge in [-0.05, 0) is 99.7 Å². The molecule has 33 heteroatoms. The molecule has 15 atom stereocenters. The molecule has 560 valence electrons. The van der Waals surface area contributed by atoms with E-state index < -0.39 is 216 Å². The number of carbonyl (C=O) groups excluding carboxylic acids is 14. The number of rotatable bonds is 38. The maximum atomic E-state index is 14.5. The Labute approximate surface area is 580 Å². The number of hydrogen-bond donors (Lipinski definition) is 15. The van der Waals surface area contributed by atoms with Crippen molar-refractivity contribution in [3.63, 3.8) is 0 Å². The van der Waals surface area contributed by atoms with Gasteiger partial charge in [-0.3, -0.25) is 71.9 Å². The highest BCUT2D eigenvalue weighted by atomic mass is 16.4. The standard InChI is InChI=1S/C66H113N15O18/c1-16-37(14)52(77-60(93)49(34(8)9)74-57(90)47(68)32(4)5)62(95)70-39(23-24-45(67)84)64(97)80-26-18-21-43(80)55(88)72-41(30-82)66(99)81-27-19-22-44(81)56(89)73-48(33(6)7)58(91)75-50(35(10)11)59(92)76-51(36(12)13)61(94)78-53(38(15)83)63(96)71-40(28-31(2)3)65(98)79-25-17-20-42(79)54(87)69-29-46(85)86/h31-44,47-53,82-83H,16-30,68H2,1-15H3,(H2,67,84)(H,69,87)(H,70,95)(H,71,96)(H,72,88)(H,73,89)(H,74,90)(H,75,91)(H,76,92)(H,77,93)(H,78,94)(H,85,86)/t37-,38+,39-,40-,41-,42-,43-,44-,47-,48-,49-,50-,51-,52-,53-/m0/s1. The van der Waals surface area contributed by atoms with Gasteiger partial charge in [0.25, 0.3) is 0 Å². The van der Waals surface area contributed by atoms with E-state index >= 15 is 0 Å². The zero-order valence-electron chi connectivity index (χ0n) is 60.2. The van der Waals surface area contributed by atoms with E-state index in [9.17, 15) is 82.1 Å². The molecule has 0 aromatic rings. The van der Waals surface area contributed by atoms with Gasteiger partial charge in [-0.2, -0.15) is 0 Å². The van der Waals surface area contributed by atoms with E-state index in [1.165, 1.54) is 16.7 Å². The molecule has 3 fully saturated rings. The number of aliphatic hydroxyl groups excluding tert-OH is 2. The van der Waals surface area contributed by atoms with Crippen molar-refractivity contribution in [1.82, 2.24) is 67.9 Å². The van der Waals surface area contributed by atoms with Crippen LogP contribution in [-0.2, 0) is 71.9 Å². The Bertz CT molecular complexity index is 2870. The fourth-order valence-corrected chi connectivity index (χ4v) is 12.0. The predicted octanol–water partition coefficient (Wildman–Crippen LogP) is -3.14. The average Bonchev–Trinajstić information content (AvgIpc) is 1.77. The van der Waals surface area contributed by atoms with E-state index in [4.69, 9.17) is 16.6 Å². The molecule has 99 heavy (non-hydrogen) atoms. The molecule has 3 rings (SSSR count). The molecular weight excluding hydrogens is 1290 g/mol. The lowest BCUT2D eigenvalue weighted by atomic mass is 9.95. The summed E-state index contributed by atoms with van der Waals surface area (Å²) in [7, 11) is 0. The molecule has 0 bridgehead atoms. The number of nitrogens with one attached hydrogen (secondary N) is 10. The Morgan fingerprint density at radius 1 is 0.444 bits per heavy atom. The van der Waals surface area contributed by atoms with Crippen LogP contribution < -0.4 is 64.6 Å². The smallest absolute Gasteiger partial charge is 0.322 e. The van der Waals surface area contributed by atoms with Crippen LogP contribution in [0.4, 0.5) is 0 Å². The summed E-state index contributed by atoms with van der Waals surface area (Å²) in [4.78, 5) is 209. The fourth-order valence-electron chi connectivity index (χ4n) is 12.0. The van der Waals surface area contributed by atoms with Crippen molar-refractivity contribution in [1.29, 1.82) is 0 Å². The van der Waals surface area contributed by atoms with E-state index in [1.54, 1.807) is 96.9 Å². The Kier molecular flexibility index (Phi) is 34.1. The number of primary amides is 1. The number of likely N-dealkylation sites (tertiary alicyclic amines) is 3. The number of hydrogen-bond acceptors (Lipinski definition) is 18. The molecule has 3 aliphatic heterocycles. The van der Waals surface area contributed by atoms with Gasteiger partial charge in [-0.25, -0.2) is 0 Å². The second kappa shape index (κ2) is 39.7. The molecule has 0 unspecified atom stereocenters. The Balaban J connectivity index is 1.77. The number of nitrogens with two attached hydrogens (primary N) is 2. The summed E-state index contributed by atoms with van der Waals surface area (Å²) in [6.07, 6.45) is -0.313. The van der Waals surface area contributed by atoms with Gasteiger partial charge in [0.1, 0.15) is 79.0 Å². The number of carbonyl (C=O) groups is 15. The maximum absolute atomic E-state index is 14.5. The number of nitrogens with zero attached hydrogens (tertiary/aromatic N) is 3. The highest BCUT2D eigenvalue weighted by Crippen LogP contribution is 2.25. The van der Waals surface area contributed by atoms with Crippen molar-refractivity contribution < 1.29 is 87.2 Å². The molecule has 0 aromatic heterocycles. The minimum Gasteiger partial charge on any atom is -0.480 e. The zero-order valence-corrected chi connectivity index (χ0v) is 60.2. The average molecular weight is 1400 g/mol. The first kappa shape index (κ1) is 85.2. The van der Waals surface area contributed by atoms with Crippen molar-refractivity contribution in [2.24, 2.45) is 52.9 Å². The van der Waals surface area contributed by atoms with Crippen LogP contribution in [0.5, 0.6) is 0 Å². The molecule has 0 aliphatic carbocycles. The van der Waals surface area contributed by atoms with Crippen molar-refractivity contribution >= 4 is 88.7 Å². The van der Waals surface area contributed by atoms with Crippen molar-refractivity contribution in [3.05, 3.63) is 0 Å². The topological polar surface area (TPSA) is 499 Å². The third-order valence-corrected chi connectivity index (χ3v) is 18.2. The van der Waals surface area contributed by atoms with Crippen molar-refractivity contribution in [2.45, 2.75) is 253 Å². The lowest BCUT2D eigenvalue weighted by Crippen LogP contribution is -2.63. The summed E-state index contributed by atoms with van der Waals surface area (Å²) < 4.78 is 0. The van der Waals surface area contributed by atoms with Gasteiger partial charge >= 0.3 is 5.97 Å². The summed E-state index contributed by atoms with van der Waals surface area (Å²) in [5.41, 5.74) is 11.5. The minimum atomic E-state index is -1.67. The largest absolute Gasteiger partial charge is 0.480 e. The summed E-state index contributed by atoms with van der Waals surface area (Å²) in [6, 6.07) is -16.7. The highest BCUT2D eigenvalue weighted by Gasteiger charge is 2.45. The Morgan fingerprint density at radius 2 is 0.798 bits per heavy atom. The highest BCUT2D eigenvalue weighted by molar-refractivity contribution is 6.01.